The molecule has 1 heterocycles. The third-order valence-electron chi connectivity index (χ3n) is 5.50. The van der Waals surface area contributed by atoms with E-state index < -0.39 is 5.91 Å². The first kappa shape index (κ1) is 23.5. The molecular weight excluding hydrogens is 455 g/mol. The minimum Gasteiger partial charge on any atom is -0.460 e. The van der Waals surface area contributed by atoms with Crippen LogP contribution in [0.2, 0.25) is 5.02 Å². The summed E-state index contributed by atoms with van der Waals surface area (Å²) in [6.45, 7) is 4.61. The van der Waals surface area contributed by atoms with Crippen molar-refractivity contribution in [1.29, 1.82) is 0 Å². The first-order valence-corrected chi connectivity index (χ1v) is 11.3. The van der Waals surface area contributed by atoms with E-state index in [9.17, 15) is 14.0 Å². The van der Waals surface area contributed by atoms with Crippen LogP contribution < -0.4 is 11.1 Å². The second-order valence-corrected chi connectivity index (χ2v) is 8.98. The quantitative estimate of drug-likeness (QED) is 0.343. The summed E-state index contributed by atoms with van der Waals surface area (Å²) in [6, 6.07) is 16.4. The van der Waals surface area contributed by atoms with Crippen LogP contribution in [-0.2, 0) is 6.42 Å². The van der Waals surface area contributed by atoms with Crippen LogP contribution in [-0.4, -0.2) is 18.4 Å². The molecule has 4 aromatic rings. The van der Waals surface area contributed by atoms with Gasteiger partial charge in [0, 0.05) is 34.5 Å². The molecule has 0 unspecified atom stereocenters. The Kier molecular flexibility index (Phi) is 6.70. The Labute approximate surface area is 201 Å². The average Bonchev–Trinajstić information content (AvgIpc) is 3.16. The Morgan fingerprint density at radius 1 is 1.06 bits per heavy atom. The molecule has 0 aliphatic carbocycles. The van der Waals surface area contributed by atoms with Crippen LogP contribution in [0, 0.1) is 11.7 Å². The number of hydrogen-bond donors (Lipinski definition) is 2. The number of rotatable bonds is 7. The number of carbonyl (C=O) groups is 2. The molecule has 0 spiro atoms. The Morgan fingerprint density at radius 2 is 1.79 bits per heavy atom. The van der Waals surface area contributed by atoms with Crippen molar-refractivity contribution in [2.45, 2.75) is 20.3 Å². The van der Waals surface area contributed by atoms with E-state index in [2.05, 4.69) is 5.32 Å². The molecule has 1 aromatic heterocycles. The van der Waals surface area contributed by atoms with Crippen LogP contribution in [0.1, 0.15) is 45.9 Å². The molecule has 0 radical (unpaired) electrons. The summed E-state index contributed by atoms with van der Waals surface area (Å²) in [7, 11) is 0. The van der Waals surface area contributed by atoms with Gasteiger partial charge in [-0.3, -0.25) is 9.59 Å². The summed E-state index contributed by atoms with van der Waals surface area (Å²) in [5.74, 6) is -0.420. The van der Waals surface area contributed by atoms with Crippen molar-refractivity contribution in [3.8, 4) is 11.1 Å². The molecule has 3 N–H and O–H groups in total. The molecular formula is C27H24ClFN2O3. The number of nitrogens with one attached hydrogen (secondary N) is 1. The highest BCUT2D eigenvalue weighted by Gasteiger charge is 2.20. The standard InChI is InChI=1S/C27H24ClFN2O3/c1-15(2)14-31-27(33)18-5-9-22(28)20(13-18)17-6-10-23-21(12-17)25(26(30)32)24(34-23)11-16-3-7-19(29)8-4-16/h3-10,12-13,15H,11,14H2,1-2H3,(H2,30,32)(H,31,33). The van der Waals surface area contributed by atoms with E-state index in [1.54, 1.807) is 42.5 Å². The Morgan fingerprint density at radius 3 is 2.47 bits per heavy atom. The van der Waals surface area contributed by atoms with Gasteiger partial charge in [0.05, 0.1) is 5.56 Å². The van der Waals surface area contributed by atoms with Gasteiger partial charge >= 0.3 is 0 Å². The lowest BCUT2D eigenvalue weighted by atomic mass is 9.99. The number of furan rings is 1. The fourth-order valence-electron chi connectivity index (χ4n) is 3.78. The molecule has 0 saturated carbocycles. The molecule has 0 saturated heterocycles. The van der Waals surface area contributed by atoms with Crippen molar-refractivity contribution in [3.05, 3.63) is 94.0 Å². The molecule has 0 bridgehead atoms. The topological polar surface area (TPSA) is 85.3 Å². The minimum absolute atomic E-state index is 0.185. The van der Waals surface area contributed by atoms with Crippen LogP contribution in [0.4, 0.5) is 4.39 Å². The van der Waals surface area contributed by atoms with E-state index in [0.29, 0.717) is 50.9 Å². The first-order valence-electron chi connectivity index (χ1n) is 10.9. The Balaban J connectivity index is 1.74. The molecule has 3 aromatic carbocycles. The molecule has 34 heavy (non-hydrogen) atoms. The van der Waals surface area contributed by atoms with E-state index in [0.717, 1.165) is 5.56 Å². The van der Waals surface area contributed by atoms with Gasteiger partial charge in [-0.2, -0.15) is 0 Å². The molecule has 4 rings (SSSR count). The molecule has 7 heteroatoms. The smallest absolute Gasteiger partial charge is 0.252 e. The van der Waals surface area contributed by atoms with Gasteiger partial charge < -0.3 is 15.5 Å². The average molecular weight is 479 g/mol. The van der Waals surface area contributed by atoms with Crippen LogP contribution in [0.25, 0.3) is 22.1 Å². The number of nitrogens with two attached hydrogens (primary N) is 1. The summed E-state index contributed by atoms with van der Waals surface area (Å²) in [4.78, 5) is 24.9. The number of amides is 2. The lowest BCUT2D eigenvalue weighted by Crippen LogP contribution is -2.27. The summed E-state index contributed by atoms with van der Waals surface area (Å²) in [6.07, 6.45) is 0.287. The van der Waals surface area contributed by atoms with Crippen LogP contribution >= 0.6 is 11.6 Å². The van der Waals surface area contributed by atoms with Gasteiger partial charge in [-0.1, -0.05) is 43.6 Å². The lowest BCUT2D eigenvalue weighted by molar-refractivity contribution is 0.0947. The molecule has 0 aliphatic heterocycles. The van der Waals surface area contributed by atoms with Crippen molar-refractivity contribution in [3.63, 3.8) is 0 Å². The zero-order chi connectivity index (χ0) is 24.4. The van der Waals surface area contributed by atoms with Crippen molar-refractivity contribution in [2.75, 3.05) is 6.54 Å². The lowest BCUT2D eigenvalue weighted by Gasteiger charge is -2.10. The van der Waals surface area contributed by atoms with Crippen molar-refractivity contribution in [1.82, 2.24) is 5.32 Å². The normalized spacial score (nSPS) is 11.2. The molecule has 2 amide bonds. The Hall–Kier alpha value is -3.64. The van der Waals surface area contributed by atoms with Crippen molar-refractivity contribution >= 4 is 34.4 Å². The summed E-state index contributed by atoms with van der Waals surface area (Å²) < 4.78 is 19.2. The maximum absolute atomic E-state index is 13.3. The second kappa shape index (κ2) is 9.69. The van der Waals surface area contributed by atoms with E-state index in [1.807, 2.05) is 19.9 Å². The van der Waals surface area contributed by atoms with Gasteiger partial charge in [-0.05, 0) is 59.5 Å². The zero-order valence-corrected chi connectivity index (χ0v) is 19.6. The number of benzene rings is 3. The van der Waals surface area contributed by atoms with Crippen molar-refractivity contribution in [2.24, 2.45) is 11.7 Å². The van der Waals surface area contributed by atoms with E-state index in [4.69, 9.17) is 21.8 Å². The minimum atomic E-state index is -0.624. The molecule has 5 nitrogen and oxygen atoms in total. The zero-order valence-electron chi connectivity index (χ0n) is 18.8. The van der Waals surface area contributed by atoms with Gasteiger partial charge in [-0.15, -0.1) is 0 Å². The van der Waals surface area contributed by atoms with Crippen LogP contribution in [0.15, 0.2) is 65.1 Å². The van der Waals surface area contributed by atoms with E-state index >= 15 is 0 Å². The van der Waals surface area contributed by atoms with Gasteiger partial charge in [0.2, 0.25) is 0 Å². The number of primary amides is 1. The number of halogens is 2. The number of fused-ring (bicyclic) bond motifs is 1. The first-order chi connectivity index (χ1) is 16.2. The summed E-state index contributed by atoms with van der Waals surface area (Å²) in [5, 5.41) is 3.92. The van der Waals surface area contributed by atoms with Crippen LogP contribution in [0.5, 0.6) is 0 Å². The Bertz CT molecular complexity index is 1380. The maximum atomic E-state index is 13.3. The monoisotopic (exact) mass is 478 g/mol. The highest BCUT2D eigenvalue weighted by molar-refractivity contribution is 6.33. The molecule has 174 valence electrons. The van der Waals surface area contributed by atoms with Gasteiger partial charge in [-0.25, -0.2) is 4.39 Å². The van der Waals surface area contributed by atoms with Gasteiger partial charge in [0.15, 0.2) is 0 Å². The molecule has 0 atom stereocenters. The summed E-state index contributed by atoms with van der Waals surface area (Å²) >= 11 is 6.46. The predicted octanol–water partition coefficient (Wildman–Crippen LogP) is 5.97. The van der Waals surface area contributed by atoms with E-state index in [-0.39, 0.29) is 23.7 Å². The number of hydrogen-bond acceptors (Lipinski definition) is 3. The summed E-state index contributed by atoms with van der Waals surface area (Å²) in [5.41, 5.74) is 9.10. The second-order valence-electron chi connectivity index (χ2n) is 8.58. The largest absolute Gasteiger partial charge is 0.460 e. The van der Waals surface area contributed by atoms with Crippen LogP contribution in [0.3, 0.4) is 0 Å². The highest BCUT2D eigenvalue weighted by atomic mass is 35.5. The molecule has 0 fully saturated rings. The van der Waals surface area contributed by atoms with Crippen molar-refractivity contribution < 1.29 is 18.4 Å². The fourth-order valence-corrected chi connectivity index (χ4v) is 4.01. The maximum Gasteiger partial charge on any atom is 0.252 e. The van der Waals surface area contributed by atoms with Gasteiger partial charge in [0.25, 0.3) is 11.8 Å². The predicted molar refractivity (Wildman–Crippen MR) is 132 cm³/mol. The third-order valence-corrected chi connectivity index (χ3v) is 5.83. The molecule has 0 aliphatic rings. The SMILES string of the molecule is CC(C)CNC(=O)c1ccc(Cl)c(-c2ccc3oc(Cc4ccc(F)cc4)c(C(N)=O)c3c2)c1. The third kappa shape index (κ3) is 4.97. The van der Waals surface area contributed by atoms with E-state index in [1.165, 1.54) is 12.1 Å². The fraction of sp³-hybridized carbons (Fsp3) is 0.185. The highest BCUT2D eigenvalue weighted by Crippen LogP contribution is 2.35. The number of carbonyl (C=O) groups excluding carboxylic acids is 2. The van der Waals surface area contributed by atoms with Gasteiger partial charge in [0.1, 0.15) is 17.2 Å².